The van der Waals surface area contributed by atoms with E-state index in [9.17, 15) is 41.6 Å². The number of carbonyl (C=O) groups excluding carboxylic acids is 6. The van der Waals surface area contributed by atoms with Gasteiger partial charge in [0.1, 0.15) is 21.7 Å². The number of hydrogen-bond acceptors (Lipinski definition) is 11. The average molecular weight is 846 g/mol. The van der Waals surface area contributed by atoms with Crippen LogP contribution < -0.4 is 20.1 Å². The van der Waals surface area contributed by atoms with Crippen molar-refractivity contribution in [2.75, 3.05) is 50.7 Å². The summed E-state index contributed by atoms with van der Waals surface area (Å²) in [4.78, 5) is 83.0. The van der Waals surface area contributed by atoms with Crippen LogP contribution in [0.5, 0.6) is 11.5 Å². The fraction of sp³-hybridized carbons (Fsp3) is 0.442. The number of fused-ring (bicyclic) bond motifs is 2. The van der Waals surface area contributed by atoms with Crippen molar-refractivity contribution < 1.29 is 51.0 Å². The third-order valence-electron chi connectivity index (χ3n) is 11.7. The highest BCUT2D eigenvalue weighted by molar-refractivity contribution is 7.90. The molecule has 0 radical (unpaired) electrons. The van der Waals surface area contributed by atoms with Crippen molar-refractivity contribution in [3.05, 3.63) is 87.2 Å². The van der Waals surface area contributed by atoms with E-state index in [1.54, 1.807) is 37.3 Å². The van der Waals surface area contributed by atoms with Crippen molar-refractivity contribution in [3.63, 3.8) is 0 Å². The topological polar surface area (TPSA) is 189 Å². The second-order valence-corrected chi connectivity index (χ2v) is 18.0. The molecule has 4 heterocycles. The molecule has 0 aromatic heterocycles. The molecule has 3 aromatic rings. The van der Waals surface area contributed by atoms with Gasteiger partial charge in [0.2, 0.25) is 17.7 Å². The molecule has 3 aromatic carbocycles. The van der Waals surface area contributed by atoms with Crippen molar-refractivity contribution in [1.82, 2.24) is 20.0 Å². The van der Waals surface area contributed by atoms with E-state index >= 15 is 0 Å². The minimum absolute atomic E-state index is 0.00109. The van der Waals surface area contributed by atoms with Gasteiger partial charge in [0.25, 0.3) is 17.7 Å². The quantitative estimate of drug-likeness (QED) is 0.222. The molecular weight excluding hydrogens is 798 g/mol. The molecule has 2 unspecified atom stereocenters. The van der Waals surface area contributed by atoms with Gasteiger partial charge in [-0.2, -0.15) is 0 Å². The highest BCUT2D eigenvalue weighted by Gasteiger charge is 2.44. The predicted molar refractivity (Wildman–Crippen MR) is 217 cm³/mol. The Bertz CT molecular complexity index is 2400. The minimum Gasteiger partial charge on any atom is -0.493 e. The second-order valence-electron chi connectivity index (χ2n) is 15.8. The number of carbonyl (C=O) groups is 6. The highest BCUT2D eigenvalue weighted by atomic mass is 32.2. The lowest BCUT2D eigenvalue weighted by molar-refractivity contribution is -0.137. The molecule has 7 rings (SSSR count). The summed E-state index contributed by atoms with van der Waals surface area (Å²) in [5.74, 6) is -3.50. The van der Waals surface area contributed by atoms with Crippen molar-refractivity contribution in [2.24, 2.45) is 0 Å². The number of amides is 6. The zero-order chi connectivity index (χ0) is 43.0. The maximum Gasteiger partial charge on any atom is 0.264 e. The van der Waals surface area contributed by atoms with Crippen LogP contribution in [0.3, 0.4) is 0 Å². The van der Waals surface area contributed by atoms with Gasteiger partial charge in [-0.25, -0.2) is 12.8 Å². The largest absolute Gasteiger partial charge is 0.493 e. The van der Waals surface area contributed by atoms with E-state index in [2.05, 4.69) is 15.5 Å². The van der Waals surface area contributed by atoms with Crippen molar-refractivity contribution in [1.29, 1.82) is 0 Å². The third-order valence-corrected chi connectivity index (χ3v) is 12.6. The number of piperidine rings is 2. The van der Waals surface area contributed by atoms with E-state index < -0.39 is 63.0 Å². The van der Waals surface area contributed by atoms with Crippen LogP contribution in [0.2, 0.25) is 0 Å². The van der Waals surface area contributed by atoms with Gasteiger partial charge >= 0.3 is 0 Å². The van der Waals surface area contributed by atoms with Crippen LogP contribution in [0.1, 0.15) is 111 Å². The van der Waals surface area contributed by atoms with E-state index in [4.69, 9.17) is 9.47 Å². The van der Waals surface area contributed by atoms with Crippen molar-refractivity contribution in [2.45, 2.75) is 76.9 Å². The Balaban J connectivity index is 1.04. The number of nitrogens with one attached hydrogen (secondary N) is 2. The number of imide groups is 2. The number of sulfone groups is 1. The first-order chi connectivity index (χ1) is 28.6. The molecule has 2 saturated heterocycles. The van der Waals surface area contributed by atoms with Crippen molar-refractivity contribution in [3.8, 4) is 11.5 Å². The number of benzene rings is 3. The first kappa shape index (κ1) is 42.4. The van der Waals surface area contributed by atoms with Crippen LogP contribution in [0.25, 0.3) is 0 Å². The smallest absolute Gasteiger partial charge is 0.264 e. The van der Waals surface area contributed by atoms with E-state index in [0.29, 0.717) is 61.7 Å². The molecule has 318 valence electrons. The maximum absolute atomic E-state index is 14.9. The Morgan fingerprint density at radius 2 is 1.72 bits per heavy atom. The predicted octanol–water partition coefficient (Wildman–Crippen LogP) is 4.15. The molecule has 0 saturated carbocycles. The van der Waals surface area contributed by atoms with Gasteiger partial charge in [-0.1, -0.05) is 6.07 Å². The standard InChI is InChI=1S/C43H48FN5O10S/c1-5-59-37-19-27(8-10-36(37)58-3)35(23-60(4,56)57)49-42(54)31-17-25(18-33(45-24(2)50)39(31)43(49)55)7-6-14-47-15-12-26(13-16-47)29-20-28(44)21-30-32(29)22-48(41(30)53)34-9-11-38(51)46-40(34)52/h8,10,17-21,26,34-35H,5-7,9,11-16,22-23H2,1-4H3,(H,45,50)(H,46,51,52). The summed E-state index contributed by atoms with van der Waals surface area (Å²) in [6.45, 7) is 5.66. The SMILES string of the molecule is CCOc1cc(C(CS(C)(=O)=O)N2C(=O)c3cc(CCCN4CCC(c5cc(F)cc6c5CN(C5CCC(=O)NC5=O)C6=O)CC4)cc(NC(C)=O)c3C2=O)ccc1OC. The van der Waals surface area contributed by atoms with Crippen LogP contribution in [-0.4, -0.2) is 110 Å². The van der Waals surface area contributed by atoms with E-state index in [0.717, 1.165) is 35.1 Å². The summed E-state index contributed by atoms with van der Waals surface area (Å²) in [6, 6.07) is 8.79. The number of methoxy groups -OCH3 is 1. The number of halogens is 1. The number of likely N-dealkylation sites (tertiary alicyclic amines) is 1. The molecular formula is C43H48FN5O10S. The molecule has 6 amide bonds. The first-order valence-electron chi connectivity index (χ1n) is 20.1. The Morgan fingerprint density at radius 1 is 0.967 bits per heavy atom. The van der Waals surface area contributed by atoms with Crippen LogP contribution in [0.15, 0.2) is 42.5 Å². The number of anilines is 1. The number of hydrogen-bond donors (Lipinski definition) is 2. The minimum atomic E-state index is -3.73. The molecule has 15 nitrogen and oxygen atoms in total. The van der Waals surface area contributed by atoms with Gasteiger partial charge in [-0.3, -0.25) is 39.0 Å². The van der Waals surface area contributed by atoms with Gasteiger partial charge in [-0.15, -0.1) is 0 Å². The molecule has 60 heavy (non-hydrogen) atoms. The first-order valence-corrected chi connectivity index (χ1v) is 22.1. The van der Waals surface area contributed by atoms with Gasteiger partial charge in [0, 0.05) is 31.7 Å². The summed E-state index contributed by atoms with van der Waals surface area (Å²) in [5.41, 5.74) is 3.04. The third kappa shape index (κ3) is 8.64. The van der Waals surface area contributed by atoms with Crippen molar-refractivity contribution >= 4 is 51.0 Å². The molecule has 0 spiro atoms. The lowest BCUT2D eigenvalue weighted by atomic mass is 9.85. The Hall–Kier alpha value is -5.68. The van der Waals surface area contributed by atoms with E-state index in [1.807, 2.05) is 0 Å². The number of ether oxygens (including phenoxy) is 2. The Kier molecular flexibility index (Phi) is 12.1. The van der Waals surface area contributed by atoms with Crippen LogP contribution >= 0.6 is 0 Å². The zero-order valence-corrected chi connectivity index (χ0v) is 34.8. The maximum atomic E-state index is 14.9. The summed E-state index contributed by atoms with van der Waals surface area (Å²) in [7, 11) is -2.26. The summed E-state index contributed by atoms with van der Waals surface area (Å²) in [5, 5.41) is 5.01. The molecule has 0 bridgehead atoms. The molecule has 2 fully saturated rings. The molecule has 2 N–H and O–H groups in total. The fourth-order valence-electron chi connectivity index (χ4n) is 8.93. The molecule has 17 heteroatoms. The summed E-state index contributed by atoms with van der Waals surface area (Å²) in [6.07, 6.45) is 3.99. The van der Waals surface area contributed by atoms with Gasteiger partial charge < -0.3 is 24.6 Å². The van der Waals surface area contributed by atoms with E-state index in [1.165, 1.54) is 31.1 Å². The number of rotatable bonds is 14. The number of nitrogens with zero attached hydrogens (tertiary/aromatic N) is 3. The van der Waals surface area contributed by atoms with Gasteiger partial charge in [0.05, 0.1) is 42.3 Å². The van der Waals surface area contributed by atoms with Crippen LogP contribution in [0.4, 0.5) is 10.1 Å². The van der Waals surface area contributed by atoms with Crippen LogP contribution in [-0.2, 0) is 37.2 Å². The average Bonchev–Trinajstić information content (AvgIpc) is 3.64. The summed E-state index contributed by atoms with van der Waals surface area (Å²) < 4.78 is 51.5. The molecule has 4 aliphatic rings. The summed E-state index contributed by atoms with van der Waals surface area (Å²) >= 11 is 0. The molecule has 0 aliphatic carbocycles. The lowest BCUT2D eigenvalue weighted by Crippen LogP contribution is -2.52. The monoisotopic (exact) mass is 845 g/mol. The molecule has 2 atom stereocenters. The highest BCUT2D eigenvalue weighted by Crippen LogP contribution is 2.41. The Morgan fingerprint density at radius 3 is 2.38 bits per heavy atom. The second kappa shape index (κ2) is 17.1. The molecule has 4 aliphatic heterocycles. The van der Waals surface area contributed by atoms with Crippen LogP contribution in [0, 0.1) is 5.82 Å². The van der Waals surface area contributed by atoms with Gasteiger partial charge in [-0.05, 0) is 123 Å². The lowest BCUT2D eigenvalue weighted by Gasteiger charge is -2.33. The fourth-order valence-corrected chi connectivity index (χ4v) is 9.84. The zero-order valence-electron chi connectivity index (χ0n) is 34.0. The van der Waals surface area contributed by atoms with Gasteiger partial charge in [0.15, 0.2) is 11.5 Å². The Labute approximate surface area is 347 Å². The normalized spacial score (nSPS) is 19.0. The van der Waals surface area contributed by atoms with E-state index in [-0.39, 0.29) is 53.6 Å². The number of aryl methyl sites for hydroxylation is 1.